The molecule has 16 heavy (non-hydrogen) atoms. The number of carbonyl (C=O) groups is 1. The van der Waals surface area contributed by atoms with Crippen LogP contribution in [0.2, 0.25) is 0 Å². The Kier molecular flexibility index (Phi) is 6.40. The Labute approximate surface area is 94.0 Å². The third-order valence-corrected chi connectivity index (χ3v) is 2.36. The van der Waals surface area contributed by atoms with E-state index >= 15 is 0 Å². The van der Waals surface area contributed by atoms with Gasteiger partial charge in [-0.3, -0.25) is 4.79 Å². The molecule has 0 aromatic rings. The third kappa shape index (κ3) is 6.66. The highest BCUT2D eigenvalue weighted by Crippen LogP contribution is 2.12. The van der Waals surface area contributed by atoms with Gasteiger partial charge in [-0.2, -0.15) is 13.2 Å². The summed E-state index contributed by atoms with van der Waals surface area (Å²) in [5.74, 6) is -0.315. The topological polar surface area (TPSA) is 32.3 Å². The standard InChI is InChI=1S/C10H19F3N2O/c1-4-5-8(2)15(3)9(16)6-14-7-10(11,12)13/h8,14H,4-7H2,1-3H3. The number of nitrogens with one attached hydrogen (secondary N) is 1. The minimum Gasteiger partial charge on any atom is -0.342 e. The van der Waals surface area contributed by atoms with Gasteiger partial charge in [0.05, 0.1) is 13.1 Å². The van der Waals surface area contributed by atoms with Crippen molar-refractivity contribution < 1.29 is 18.0 Å². The van der Waals surface area contributed by atoms with Gasteiger partial charge < -0.3 is 10.2 Å². The maximum Gasteiger partial charge on any atom is 0.401 e. The van der Waals surface area contributed by atoms with Crippen LogP contribution in [0.25, 0.3) is 0 Å². The van der Waals surface area contributed by atoms with Crippen molar-refractivity contribution >= 4 is 5.91 Å². The second-order valence-corrected chi connectivity index (χ2v) is 3.86. The molecule has 1 N–H and O–H groups in total. The lowest BCUT2D eigenvalue weighted by Crippen LogP contribution is -2.42. The van der Waals surface area contributed by atoms with Crippen molar-refractivity contribution in [1.29, 1.82) is 0 Å². The van der Waals surface area contributed by atoms with Crippen molar-refractivity contribution in [2.45, 2.75) is 38.9 Å². The highest BCUT2D eigenvalue weighted by atomic mass is 19.4. The van der Waals surface area contributed by atoms with E-state index in [1.807, 2.05) is 13.8 Å². The Hall–Kier alpha value is -0.780. The highest BCUT2D eigenvalue weighted by Gasteiger charge is 2.27. The van der Waals surface area contributed by atoms with Gasteiger partial charge in [0.25, 0.3) is 0 Å². The summed E-state index contributed by atoms with van der Waals surface area (Å²) in [5.41, 5.74) is 0. The molecule has 0 fully saturated rings. The molecule has 96 valence electrons. The van der Waals surface area contributed by atoms with Crippen molar-refractivity contribution in [3.63, 3.8) is 0 Å². The second-order valence-electron chi connectivity index (χ2n) is 3.86. The Morgan fingerprint density at radius 2 is 2.00 bits per heavy atom. The van der Waals surface area contributed by atoms with Gasteiger partial charge in [0.15, 0.2) is 0 Å². The van der Waals surface area contributed by atoms with E-state index in [9.17, 15) is 18.0 Å². The summed E-state index contributed by atoms with van der Waals surface area (Å²) in [7, 11) is 1.61. The van der Waals surface area contributed by atoms with E-state index in [0.29, 0.717) is 0 Å². The lowest BCUT2D eigenvalue weighted by Gasteiger charge is -2.24. The normalized spacial score (nSPS) is 13.6. The Morgan fingerprint density at radius 3 is 2.44 bits per heavy atom. The summed E-state index contributed by atoms with van der Waals surface area (Å²) in [6, 6.07) is 0.0604. The molecule has 6 heteroatoms. The molecule has 0 spiro atoms. The van der Waals surface area contributed by atoms with Crippen LogP contribution < -0.4 is 5.32 Å². The summed E-state index contributed by atoms with van der Waals surface area (Å²) in [5, 5.41) is 2.09. The van der Waals surface area contributed by atoms with Gasteiger partial charge in [0.1, 0.15) is 0 Å². The SMILES string of the molecule is CCCC(C)N(C)C(=O)CNCC(F)(F)F. The molecule has 1 atom stereocenters. The Morgan fingerprint density at radius 1 is 1.44 bits per heavy atom. The first-order valence-electron chi connectivity index (χ1n) is 5.31. The van der Waals surface area contributed by atoms with Crippen LogP contribution in [0.3, 0.4) is 0 Å². The average molecular weight is 240 g/mol. The van der Waals surface area contributed by atoms with Crippen molar-refractivity contribution in [3.8, 4) is 0 Å². The number of carbonyl (C=O) groups excluding carboxylic acids is 1. The summed E-state index contributed by atoms with van der Waals surface area (Å²) in [4.78, 5) is 12.9. The molecule has 0 aliphatic carbocycles. The van der Waals surface area contributed by atoms with Crippen LogP contribution in [0.15, 0.2) is 0 Å². The maximum atomic E-state index is 11.8. The fraction of sp³-hybridized carbons (Fsp3) is 0.900. The summed E-state index contributed by atoms with van der Waals surface area (Å²) in [6.45, 7) is 2.47. The molecule has 3 nitrogen and oxygen atoms in total. The van der Waals surface area contributed by atoms with E-state index in [1.54, 1.807) is 7.05 Å². The van der Waals surface area contributed by atoms with Crippen LogP contribution in [0.4, 0.5) is 13.2 Å². The van der Waals surface area contributed by atoms with Crippen LogP contribution in [-0.2, 0) is 4.79 Å². The van der Waals surface area contributed by atoms with Gasteiger partial charge in [-0.05, 0) is 13.3 Å². The summed E-state index contributed by atoms with van der Waals surface area (Å²) < 4.78 is 35.4. The monoisotopic (exact) mass is 240 g/mol. The minimum absolute atomic E-state index is 0.0604. The van der Waals surface area contributed by atoms with Crippen LogP contribution >= 0.6 is 0 Å². The van der Waals surface area contributed by atoms with Crippen LogP contribution in [0.1, 0.15) is 26.7 Å². The Balaban J connectivity index is 3.88. The molecule has 0 aromatic heterocycles. The van der Waals surface area contributed by atoms with E-state index in [0.717, 1.165) is 12.8 Å². The smallest absolute Gasteiger partial charge is 0.342 e. The number of hydrogen-bond acceptors (Lipinski definition) is 2. The largest absolute Gasteiger partial charge is 0.401 e. The van der Waals surface area contributed by atoms with Crippen LogP contribution in [0.5, 0.6) is 0 Å². The van der Waals surface area contributed by atoms with Gasteiger partial charge >= 0.3 is 6.18 Å². The molecule has 0 aliphatic rings. The molecular weight excluding hydrogens is 221 g/mol. The predicted molar refractivity (Wildman–Crippen MR) is 56.1 cm³/mol. The molecule has 0 aliphatic heterocycles. The molecule has 0 aromatic carbocycles. The number of nitrogens with zero attached hydrogens (tertiary/aromatic N) is 1. The fourth-order valence-corrected chi connectivity index (χ4v) is 1.29. The molecule has 0 bridgehead atoms. The maximum absolute atomic E-state index is 11.8. The lowest BCUT2D eigenvalue weighted by molar-refractivity contribution is -0.134. The number of alkyl halides is 3. The number of halogens is 3. The zero-order chi connectivity index (χ0) is 12.8. The number of likely N-dealkylation sites (N-methyl/N-ethyl adjacent to an activating group) is 1. The zero-order valence-electron chi connectivity index (χ0n) is 9.90. The molecule has 1 amide bonds. The predicted octanol–water partition coefficient (Wildman–Crippen LogP) is 1.79. The molecule has 0 rings (SSSR count). The number of rotatable bonds is 6. The molecule has 0 saturated carbocycles. The zero-order valence-corrected chi connectivity index (χ0v) is 9.90. The molecule has 0 saturated heterocycles. The second kappa shape index (κ2) is 6.73. The van der Waals surface area contributed by atoms with E-state index in [2.05, 4.69) is 5.32 Å². The lowest BCUT2D eigenvalue weighted by atomic mass is 10.2. The summed E-state index contributed by atoms with van der Waals surface area (Å²) >= 11 is 0. The van der Waals surface area contributed by atoms with Crippen molar-refractivity contribution in [2.24, 2.45) is 0 Å². The molecular formula is C10H19F3N2O. The van der Waals surface area contributed by atoms with E-state index < -0.39 is 12.7 Å². The first kappa shape index (κ1) is 15.2. The van der Waals surface area contributed by atoms with Gasteiger partial charge in [-0.15, -0.1) is 0 Å². The average Bonchev–Trinajstić information content (AvgIpc) is 2.14. The van der Waals surface area contributed by atoms with Gasteiger partial charge in [-0.1, -0.05) is 13.3 Å². The molecule has 1 unspecified atom stereocenters. The van der Waals surface area contributed by atoms with Crippen molar-refractivity contribution in [3.05, 3.63) is 0 Å². The van der Waals surface area contributed by atoms with E-state index in [1.165, 1.54) is 4.90 Å². The van der Waals surface area contributed by atoms with Crippen LogP contribution in [0, 0.1) is 0 Å². The van der Waals surface area contributed by atoms with Gasteiger partial charge in [0, 0.05) is 13.1 Å². The first-order chi connectivity index (χ1) is 7.28. The van der Waals surface area contributed by atoms with Crippen LogP contribution in [-0.4, -0.2) is 43.2 Å². The van der Waals surface area contributed by atoms with E-state index in [4.69, 9.17) is 0 Å². The molecule has 0 heterocycles. The third-order valence-electron chi connectivity index (χ3n) is 2.36. The first-order valence-corrected chi connectivity index (χ1v) is 5.31. The minimum atomic E-state index is -4.27. The van der Waals surface area contributed by atoms with Gasteiger partial charge in [-0.25, -0.2) is 0 Å². The van der Waals surface area contributed by atoms with Gasteiger partial charge in [0.2, 0.25) is 5.91 Å². The summed E-state index contributed by atoms with van der Waals surface area (Å²) in [6.07, 6.45) is -2.48. The molecule has 0 radical (unpaired) electrons. The Bertz CT molecular complexity index is 219. The quantitative estimate of drug-likeness (QED) is 0.767. The van der Waals surface area contributed by atoms with Crippen molar-refractivity contribution in [1.82, 2.24) is 10.2 Å². The fourth-order valence-electron chi connectivity index (χ4n) is 1.29. The number of hydrogen-bond donors (Lipinski definition) is 1. The van der Waals surface area contributed by atoms with E-state index in [-0.39, 0.29) is 18.5 Å². The van der Waals surface area contributed by atoms with Crippen molar-refractivity contribution in [2.75, 3.05) is 20.1 Å². The number of amides is 1. The highest BCUT2D eigenvalue weighted by molar-refractivity contribution is 5.78.